The van der Waals surface area contributed by atoms with Crippen LogP contribution in [0.5, 0.6) is 0 Å². The summed E-state index contributed by atoms with van der Waals surface area (Å²) in [6.45, 7) is 3.28. The number of hydrogen-bond acceptors (Lipinski definition) is 3. The van der Waals surface area contributed by atoms with Crippen LogP contribution in [0.3, 0.4) is 0 Å². The van der Waals surface area contributed by atoms with E-state index >= 15 is 0 Å². The minimum atomic E-state index is -4.48. The van der Waals surface area contributed by atoms with Crippen LogP contribution in [0.1, 0.15) is 29.7 Å². The Bertz CT molecular complexity index is 1150. The van der Waals surface area contributed by atoms with E-state index in [1.165, 1.54) is 16.7 Å². The van der Waals surface area contributed by atoms with Gasteiger partial charge in [-0.15, -0.1) is 0 Å². The summed E-state index contributed by atoms with van der Waals surface area (Å²) < 4.78 is 40.1. The van der Waals surface area contributed by atoms with Crippen molar-refractivity contribution in [1.29, 1.82) is 0 Å². The Morgan fingerprint density at radius 2 is 1.90 bits per heavy atom. The van der Waals surface area contributed by atoms with Crippen LogP contribution < -0.4 is 10.9 Å². The summed E-state index contributed by atoms with van der Waals surface area (Å²) in [7, 11) is 0. The lowest BCUT2D eigenvalue weighted by Crippen LogP contribution is -2.25. The molecule has 158 valence electrons. The van der Waals surface area contributed by atoms with E-state index in [1.807, 2.05) is 0 Å². The molecule has 30 heavy (non-hydrogen) atoms. The van der Waals surface area contributed by atoms with E-state index in [1.54, 1.807) is 38.2 Å². The third kappa shape index (κ3) is 4.38. The zero-order chi connectivity index (χ0) is 22.1. The number of pyridine rings is 1. The number of anilines is 1. The predicted molar refractivity (Wildman–Crippen MR) is 109 cm³/mol. The predicted octanol–water partition coefficient (Wildman–Crippen LogP) is 4.06. The third-order valence-electron chi connectivity index (χ3n) is 4.94. The molecule has 2 N–H and O–H groups in total. The van der Waals surface area contributed by atoms with E-state index in [9.17, 15) is 27.9 Å². The molecule has 1 amide bonds. The van der Waals surface area contributed by atoms with Gasteiger partial charge in [0, 0.05) is 17.0 Å². The summed E-state index contributed by atoms with van der Waals surface area (Å²) in [5.41, 5.74) is 0.270. The smallest absolute Gasteiger partial charge is 0.394 e. The van der Waals surface area contributed by atoms with Crippen LogP contribution in [-0.2, 0) is 17.4 Å². The first-order valence-corrected chi connectivity index (χ1v) is 9.33. The zero-order valence-electron chi connectivity index (χ0n) is 16.5. The molecule has 0 saturated carbocycles. The van der Waals surface area contributed by atoms with Crippen molar-refractivity contribution >= 4 is 22.4 Å². The second-order valence-corrected chi connectivity index (χ2v) is 7.20. The first kappa shape index (κ1) is 21.6. The Kier molecular flexibility index (Phi) is 5.98. The molecule has 1 atom stereocenters. The highest BCUT2D eigenvalue weighted by Gasteiger charge is 2.30. The molecule has 8 heteroatoms. The Hall–Kier alpha value is -3.13. The molecule has 0 aliphatic carbocycles. The van der Waals surface area contributed by atoms with E-state index in [-0.39, 0.29) is 24.2 Å². The minimum absolute atomic E-state index is 0.197. The topological polar surface area (TPSA) is 71.3 Å². The number of rotatable bonds is 5. The number of nitrogens with one attached hydrogen (secondary N) is 1. The van der Waals surface area contributed by atoms with Crippen LogP contribution in [0, 0.1) is 6.92 Å². The van der Waals surface area contributed by atoms with Crippen LogP contribution in [0.15, 0.2) is 53.5 Å². The number of carbonyl (C=O) groups is 1. The van der Waals surface area contributed by atoms with Gasteiger partial charge in [0.2, 0.25) is 5.91 Å². The Labute approximate surface area is 170 Å². The van der Waals surface area contributed by atoms with E-state index in [0.717, 1.165) is 12.1 Å². The van der Waals surface area contributed by atoms with Crippen molar-refractivity contribution in [3.8, 4) is 0 Å². The van der Waals surface area contributed by atoms with Gasteiger partial charge in [-0.1, -0.05) is 24.3 Å². The van der Waals surface area contributed by atoms with E-state index in [2.05, 4.69) is 5.32 Å². The van der Waals surface area contributed by atoms with Crippen molar-refractivity contribution in [1.82, 2.24) is 4.57 Å². The number of aliphatic hydroxyl groups is 1. The number of aromatic nitrogens is 1. The van der Waals surface area contributed by atoms with Crippen LogP contribution in [-0.4, -0.2) is 22.2 Å². The number of aryl methyl sites for hydroxylation is 1. The highest BCUT2D eigenvalue weighted by atomic mass is 19.4. The van der Waals surface area contributed by atoms with Crippen molar-refractivity contribution < 1.29 is 23.1 Å². The van der Waals surface area contributed by atoms with Crippen molar-refractivity contribution in [2.45, 2.75) is 32.5 Å². The molecule has 3 rings (SSSR count). The summed E-state index contributed by atoms with van der Waals surface area (Å²) in [6, 6.07) is 9.24. The summed E-state index contributed by atoms with van der Waals surface area (Å²) in [5.74, 6) is -0.488. The fraction of sp³-hybridized carbons (Fsp3) is 0.273. The van der Waals surface area contributed by atoms with Gasteiger partial charge in [0.15, 0.2) is 0 Å². The molecule has 1 aromatic heterocycles. The normalized spacial score (nSPS) is 12.7. The fourth-order valence-corrected chi connectivity index (χ4v) is 3.28. The number of carbonyl (C=O) groups excluding carboxylic acids is 1. The molecule has 0 fully saturated rings. The van der Waals surface area contributed by atoms with Gasteiger partial charge >= 0.3 is 6.18 Å². The number of fused-ring (bicyclic) bond motifs is 1. The highest BCUT2D eigenvalue weighted by Crippen LogP contribution is 2.30. The Balaban J connectivity index is 1.92. The SMILES string of the molecule is Cc1ccc2c(=O)n(C(C)CO)ccc2c1NC(=O)Cc1cccc(C(F)(F)F)c1. The summed E-state index contributed by atoms with van der Waals surface area (Å²) in [4.78, 5) is 25.3. The molecule has 0 bridgehead atoms. The van der Waals surface area contributed by atoms with Crippen LogP contribution in [0.4, 0.5) is 18.9 Å². The van der Waals surface area contributed by atoms with Gasteiger partial charge in [0.1, 0.15) is 0 Å². The Morgan fingerprint density at radius 3 is 2.57 bits per heavy atom. The molecular formula is C22H21F3N2O3. The number of nitrogens with zero attached hydrogens (tertiary/aromatic N) is 1. The lowest BCUT2D eigenvalue weighted by atomic mass is 10.0. The van der Waals surface area contributed by atoms with Gasteiger partial charge in [-0.05, 0) is 43.2 Å². The molecule has 0 radical (unpaired) electrons. The molecule has 0 saturated heterocycles. The molecular weight excluding hydrogens is 397 g/mol. The first-order chi connectivity index (χ1) is 14.1. The van der Waals surface area contributed by atoms with Crippen molar-refractivity contribution in [3.05, 3.63) is 75.7 Å². The molecule has 0 aliphatic heterocycles. The largest absolute Gasteiger partial charge is 0.416 e. The minimum Gasteiger partial charge on any atom is -0.394 e. The number of aliphatic hydroxyl groups excluding tert-OH is 1. The first-order valence-electron chi connectivity index (χ1n) is 9.33. The van der Waals surface area contributed by atoms with Gasteiger partial charge in [-0.2, -0.15) is 13.2 Å². The average molecular weight is 418 g/mol. The average Bonchev–Trinajstić information content (AvgIpc) is 2.69. The molecule has 1 unspecified atom stereocenters. The lowest BCUT2D eigenvalue weighted by Gasteiger charge is -2.16. The fourth-order valence-electron chi connectivity index (χ4n) is 3.28. The zero-order valence-corrected chi connectivity index (χ0v) is 16.5. The van der Waals surface area contributed by atoms with Gasteiger partial charge < -0.3 is 15.0 Å². The second-order valence-electron chi connectivity index (χ2n) is 7.20. The molecule has 3 aromatic rings. The maximum atomic E-state index is 12.9. The molecule has 0 aliphatic rings. The number of benzene rings is 2. The van der Waals surface area contributed by atoms with Crippen molar-refractivity contribution in [2.24, 2.45) is 0 Å². The van der Waals surface area contributed by atoms with Gasteiger partial charge in [-0.3, -0.25) is 9.59 Å². The molecule has 5 nitrogen and oxygen atoms in total. The number of halogens is 3. The van der Waals surface area contributed by atoms with E-state index in [0.29, 0.717) is 22.0 Å². The van der Waals surface area contributed by atoms with Crippen molar-refractivity contribution in [3.63, 3.8) is 0 Å². The number of hydrogen-bond donors (Lipinski definition) is 2. The lowest BCUT2D eigenvalue weighted by molar-refractivity contribution is -0.137. The highest BCUT2D eigenvalue weighted by molar-refractivity contribution is 6.03. The number of amides is 1. The Morgan fingerprint density at radius 1 is 1.17 bits per heavy atom. The van der Waals surface area contributed by atoms with E-state index in [4.69, 9.17) is 0 Å². The quantitative estimate of drug-likeness (QED) is 0.656. The van der Waals surface area contributed by atoms with Crippen LogP contribution >= 0.6 is 0 Å². The maximum absolute atomic E-state index is 12.9. The standard InChI is InChI=1S/C22H21F3N2O3/c1-13-6-7-18-17(8-9-27(21(18)30)14(2)12-28)20(13)26-19(29)11-15-4-3-5-16(10-15)22(23,24)25/h3-10,14,28H,11-12H2,1-2H3,(H,26,29). The van der Waals surface area contributed by atoms with Gasteiger partial charge in [0.25, 0.3) is 5.56 Å². The monoisotopic (exact) mass is 418 g/mol. The summed E-state index contributed by atoms with van der Waals surface area (Å²) in [6.07, 6.45) is -3.17. The molecule has 0 spiro atoms. The number of alkyl halides is 3. The van der Waals surface area contributed by atoms with Gasteiger partial charge in [-0.25, -0.2) is 0 Å². The molecule has 2 aromatic carbocycles. The summed E-state index contributed by atoms with van der Waals surface area (Å²) >= 11 is 0. The van der Waals surface area contributed by atoms with Crippen molar-refractivity contribution in [2.75, 3.05) is 11.9 Å². The second kappa shape index (κ2) is 8.31. The summed E-state index contributed by atoms with van der Waals surface area (Å²) in [5, 5.41) is 13.0. The van der Waals surface area contributed by atoms with Crippen LogP contribution in [0.2, 0.25) is 0 Å². The van der Waals surface area contributed by atoms with Gasteiger partial charge in [0.05, 0.1) is 30.3 Å². The maximum Gasteiger partial charge on any atom is 0.416 e. The molecule has 1 heterocycles. The van der Waals surface area contributed by atoms with E-state index < -0.39 is 23.7 Å². The van der Waals surface area contributed by atoms with Crippen LogP contribution in [0.25, 0.3) is 10.8 Å². The third-order valence-corrected chi connectivity index (χ3v) is 4.94.